The zero-order chi connectivity index (χ0) is 6.62. The van der Waals surface area contributed by atoms with Gasteiger partial charge in [0.15, 0.2) is 0 Å². The fraction of sp³-hybridized carbons (Fsp3) is 0.833. The van der Waals surface area contributed by atoms with Gasteiger partial charge in [-0.1, -0.05) is 13.8 Å². The number of carbonyl (C=O) groups excluding carboxylic acids is 1. The normalized spacial score (nSPS) is 11.4. The summed E-state index contributed by atoms with van der Waals surface area (Å²) in [5.74, 6) is 0. The third kappa shape index (κ3) is 2.75. The smallest absolute Gasteiger partial charge is 0.127 e. The summed E-state index contributed by atoms with van der Waals surface area (Å²) in [5.41, 5.74) is -0.311. The Hall–Kier alpha value is -0.370. The molecule has 0 aromatic heterocycles. The van der Waals surface area contributed by atoms with E-state index < -0.39 is 0 Å². The molecule has 2 heteroatoms. The van der Waals surface area contributed by atoms with E-state index in [-0.39, 0.29) is 5.41 Å². The van der Waals surface area contributed by atoms with Gasteiger partial charge in [0, 0.05) is 12.5 Å². The molecule has 0 unspecified atom stereocenters. The molecule has 0 aromatic carbocycles. The average molecular weight is 116 g/mol. The van der Waals surface area contributed by atoms with Crippen molar-refractivity contribution in [3.05, 3.63) is 0 Å². The highest BCUT2D eigenvalue weighted by molar-refractivity contribution is 5.57. The standard InChI is InChI=1S/C6H12O2/c1-6(2,4-7)5-8-3/h4H,5H2,1-3H3. The lowest BCUT2D eigenvalue weighted by atomic mass is 9.98. The summed E-state index contributed by atoms with van der Waals surface area (Å²) in [7, 11) is 1.59. The highest BCUT2D eigenvalue weighted by Crippen LogP contribution is 2.09. The van der Waals surface area contributed by atoms with Crippen molar-refractivity contribution in [3.63, 3.8) is 0 Å². The van der Waals surface area contributed by atoms with Crippen molar-refractivity contribution in [1.82, 2.24) is 0 Å². The molecular weight excluding hydrogens is 104 g/mol. The van der Waals surface area contributed by atoms with E-state index in [1.54, 1.807) is 7.11 Å². The van der Waals surface area contributed by atoms with Crippen LogP contribution in [0.25, 0.3) is 0 Å². The van der Waals surface area contributed by atoms with Crippen molar-refractivity contribution in [2.45, 2.75) is 13.8 Å². The fourth-order valence-electron chi connectivity index (χ4n) is 0.406. The first kappa shape index (κ1) is 7.63. The van der Waals surface area contributed by atoms with Crippen LogP contribution in [-0.2, 0) is 9.53 Å². The summed E-state index contributed by atoms with van der Waals surface area (Å²) in [4.78, 5) is 10.1. The first-order valence-corrected chi connectivity index (χ1v) is 2.57. The first-order chi connectivity index (χ1) is 3.62. The quantitative estimate of drug-likeness (QED) is 0.511. The van der Waals surface area contributed by atoms with Crippen LogP contribution in [0.5, 0.6) is 0 Å². The molecule has 8 heavy (non-hydrogen) atoms. The monoisotopic (exact) mass is 116 g/mol. The molecule has 0 aliphatic carbocycles. The van der Waals surface area contributed by atoms with Crippen LogP contribution in [0.3, 0.4) is 0 Å². The maximum Gasteiger partial charge on any atom is 0.127 e. The lowest BCUT2D eigenvalue weighted by molar-refractivity contribution is -0.117. The summed E-state index contributed by atoms with van der Waals surface area (Å²) >= 11 is 0. The largest absolute Gasteiger partial charge is 0.384 e. The Morgan fingerprint density at radius 2 is 2.12 bits per heavy atom. The molecule has 0 amide bonds. The van der Waals surface area contributed by atoms with Crippen LogP contribution >= 0.6 is 0 Å². The molecule has 0 aliphatic heterocycles. The van der Waals surface area contributed by atoms with Gasteiger partial charge in [-0.3, -0.25) is 0 Å². The SMILES string of the molecule is COCC(C)(C)C=O. The Bertz CT molecular complexity index is 76.6. The van der Waals surface area contributed by atoms with Crippen LogP contribution < -0.4 is 0 Å². The Labute approximate surface area is 49.8 Å². The van der Waals surface area contributed by atoms with Crippen LogP contribution in [-0.4, -0.2) is 20.0 Å². The van der Waals surface area contributed by atoms with Gasteiger partial charge in [0.25, 0.3) is 0 Å². The molecule has 0 saturated carbocycles. The highest BCUT2D eigenvalue weighted by Gasteiger charge is 2.14. The Morgan fingerprint density at radius 1 is 1.62 bits per heavy atom. The molecule has 0 spiro atoms. The minimum atomic E-state index is -0.311. The van der Waals surface area contributed by atoms with Crippen molar-refractivity contribution in [2.24, 2.45) is 5.41 Å². The maximum atomic E-state index is 10.1. The first-order valence-electron chi connectivity index (χ1n) is 2.57. The minimum absolute atomic E-state index is 0.311. The van der Waals surface area contributed by atoms with Crippen molar-refractivity contribution in [1.29, 1.82) is 0 Å². The summed E-state index contributed by atoms with van der Waals surface area (Å²) in [6, 6.07) is 0. The van der Waals surface area contributed by atoms with Gasteiger partial charge < -0.3 is 9.53 Å². The van der Waals surface area contributed by atoms with Crippen LogP contribution in [0.1, 0.15) is 13.8 Å². The molecule has 0 rings (SSSR count). The molecule has 2 nitrogen and oxygen atoms in total. The molecule has 0 bridgehead atoms. The van der Waals surface area contributed by atoms with Crippen LogP contribution in [0.2, 0.25) is 0 Å². The Kier molecular flexibility index (Phi) is 2.69. The topological polar surface area (TPSA) is 26.3 Å². The number of ether oxygens (including phenoxy) is 1. The van der Waals surface area contributed by atoms with Crippen molar-refractivity contribution < 1.29 is 9.53 Å². The molecule has 0 aromatic rings. The van der Waals surface area contributed by atoms with Gasteiger partial charge in [-0.25, -0.2) is 0 Å². The number of methoxy groups -OCH3 is 1. The predicted octanol–water partition coefficient (Wildman–Crippen LogP) is 0.858. The van der Waals surface area contributed by atoms with Gasteiger partial charge in [0.1, 0.15) is 6.29 Å². The third-order valence-corrected chi connectivity index (χ3v) is 0.835. The Balaban J connectivity index is 3.53. The lowest BCUT2D eigenvalue weighted by Gasteiger charge is -2.13. The second kappa shape index (κ2) is 2.82. The van der Waals surface area contributed by atoms with E-state index in [2.05, 4.69) is 0 Å². The summed E-state index contributed by atoms with van der Waals surface area (Å²) < 4.78 is 4.77. The molecule has 48 valence electrons. The average Bonchev–Trinajstić information content (AvgIpc) is 1.67. The number of hydrogen-bond donors (Lipinski definition) is 0. The zero-order valence-corrected chi connectivity index (χ0v) is 5.60. The van der Waals surface area contributed by atoms with Gasteiger partial charge in [-0.05, 0) is 0 Å². The van der Waals surface area contributed by atoms with Gasteiger partial charge in [-0.15, -0.1) is 0 Å². The molecule has 0 atom stereocenters. The van der Waals surface area contributed by atoms with Gasteiger partial charge in [0.2, 0.25) is 0 Å². The van der Waals surface area contributed by atoms with E-state index in [4.69, 9.17) is 4.74 Å². The van der Waals surface area contributed by atoms with Crippen LogP contribution in [0, 0.1) is 5.41 Å². The van der Waals surface area contributed by atoms with Crippen molar-refractivity contribution in [3.8, 4) is 0 Å². The van der Waals surface area contributed by atoms with Crippen LogP contribution in [0.15, 0.2) is 0 Å². The second-order valence-electron chi connectivity index (χ2n) is 2.54. The number of aldehydes is 1. The van der Waals surface area contributed by atoms with E-state index in [1.807, 2.05) is 13.8 Å². The van der Waals surface area contributed by atoms with Crippen molar-refractivity contribution in [2.75, 3.05) is 13.7 Å². The second-order valence-corrected chi connectivity index (χ2v) is 2.54. The number of carbonyl (C=O) groups is 1. The highest BCUT2D eigenvalue weighted by atomic mass is 16.5. The van der Waals surface area contributed by atoms with Gasteiger partial charge in [-0.2, -0.15) is 0 Å². The summed E-state index contributed by atoms with van der Waals surface area (Å²) in [6.07, 6.45) is 0.899. The van der Waals surface area contributed by atoms with Gasteiger partial charge >= 0.3 is 0 Å². The lowest BCUT2D eigenvalue weighted by Crippen LogP contribution is -2.19. The maximum absolute atomic E-state index is 10.1. The fourth-order valence-corrected chi connectivity index (χ4v) is 0.406. The van der Waals surface area contributed by atoms with Crippen LogP contribution in [0.4, 0.5) is 0 Å². The molecular formula is C6H12O2. The van der Waals surface area contributed by atoms with E-state index in [0.29, 0.717) is 6.61 Å². The predicted molar refractivity (Wildman–Crippen MR) is 31.7 cm³/mol. The van der Waals surface area contributed by atoms with Gasteiger partial charge in [0.05, 0.1) is 6.61 Å². The molecule has 0 fully saturated rings. The third-order valence-electron chi connectivity index (χ3n) is 0.835. The molecule has 0 radical (unpaired) electrons. The van der Waals surface area contributed by atoms with E-state index in [9.17, 15) is 4.79 Å². The van der Waals surface area contributed by atoms with E-state index in [0.717, 1.165) is 6.29 Å². The van der Waals surface area contributed by atoms with Crippen molar-refractivity contribution >= 4 is 6.29 Å². The van der Waals surface area contributed by atoms with E-state index >= 15 is 0 Å². The number of hydrogen-bond acceptors (Lipinski definition) is 2. The molecule has 0 N–H and O–H groups in total. The minimum Gasteiger partial charge on any atom is -0.384 e. The molecule has 0 saturated heterocycles. The Morgan fingerprint density at radius 3 is 2.25 bits per heavy atom. The molecule has 0 heterocycles. The zero-order valence-electron chi connectivity index (χ0n) is 5.60. The van der Waals surface area contributed by atoms with E-state index in [1.165, 1.54) is 0 Å². The summed E-state index contributed by atoms with van der Waals surface area (Å²) in [6.45, 7) is 4.17. The molecule has 0 aliphatic rings. The number of rotatable bonds is 3. The summed E-state index contributed by atoms with van der Waals surface area (Å²) in [5, 5.41) is 0.